The van der Waals surface area contributed by atoms with Crippen molar-refractivity contribution in [2.24, 2.45) is 34.5 Å². The van der Waals surface area contributed by atoms with Gasteiger partial charge >= 0.3 is 5.97 Å². The van der Waals surface area contributed by atoms with E-state index in [1.807, 2.05) is 0 Å². The minimum Gasteiger partial charge on any atom is -0.298 e. The third kappa shape index (κ3) is 2.62. The minimum atomic E-state index is -0.333. The SMILES string of the molecule is CC(=O)OO[C@@H]1CC[C@@]2(C)[C@H](CC[C@H]3[C@@H]4CCC[C@@]4(C)CC[C@@H]32)C1. The molecule has 0 heterocycles. The second-order valence-electron chi connectivity index (χ2n) is 9.81. The Balaban J connectivity index is 1.47. The summed E-state index contributed by atoms with van der Waals surface area (Å²) in [5.74, 6) is 3.29. The lowest BCUT2D eigenvalue weighted by atomic mass is 9.45. The zero-order valence-electron chi connectivity index (χ0n) is 15.7. The Bertz CT molecular complexity index is 503. The summed E-state index contributed by atoms with van der Waals surface area (Å²) >= 11 is 0. The molecule has 3 nitrogen and oxygen atoms in total. The number of carbonyl (C=O) groups excluding carboxylic acids is 1. The van der Waals surface area contributed by atoms with Gasteiger partial charge < -0.3 is 0 Å². The number of carbonyl (C=O) groups is 1. The molecule has 4 aliphatic rings. The monoisotopic (exact) mass is 334 g/mol. The Morgan fingerprint density at radius 2 is 1.79 bits per heavy atom. The van der Waals surface area contributed by atoms with Crippen molar-refractivity contribution in [2.45, 2.75) is 91.1 Å². The summed E-state index contributed by atoms with van der Waals surface area (Å²) in [6.45, 7) is 6.58. The van der Waals surface area contributed by atoms with E-state index in [-0.39, 0.29) is 12.1 Å². The van der Waals surface area contributed by atoms with Crippen molar-refractivity contribution in [1.82, 2.24) is 0 Å². The number of rotatable bonds is 2. The highest BCUT2D eigenvalue weighted by Gasteiger charge is 2.58. The van der Waals surface area contributed by atoms with Crippen LogP contribution < -0.4 is 0 Å². The van der Waals surface area contributed by atoms with Gasteiger partial charge in [-0.05, 0) is 92.3 Å². The van der Waals surface area contributed by atoms with E-state index >= 15 is 0 Å². The van der Waals surface area contributed by atoms with Crippen LogP contribution in [0.15, 0.2) is 0 Å². The first-order valence-corrected chi connectivity index (χ1v) is 10.3. The van der Waals surface area contributed by atoms with Gasteiger partial charge in [-0.2, -0.15) is 4.89 Å². The zero-order valence-corrected chi connectivity index (χ0v) is 15.7. The van der Waals surface area contributed by atoms with E-state index in [1.54, 1.807) is 0 Å². The van der Waals surface area contributed by atoms with Crippen molar-refractivity contribution in [2.75, 3.05) is 0 Å². The molecule has 0 spiro atoms. The summed E-state index contributed by atoms with van der Waals surface area (Å²) in [7, 11) is 0. The first kappa shape index (κ1) is 16.9. The Kier molecular flexibility index (Phi) is 4.22. The lowest BCUT2D eigenvalue weighted by molar-refractivity contribution is -0.309. The summed E-state index contributed by atoms with van der Waals surface area (Å²) in [4.78, 5) is 21.3. The van der Waals surface area contributed by atoms with Crippen molar-refractivity contribution in [3.63, 3.8) is 0 Å². The molecule has 4 rings (SSSR count). The van der Waals surface area contributed by atoms with E-state index in [0.29, 0.717) is 10.8 Å². The van der Waals surface area contributed by atoms with Gasteiger partial charge in [0.1, 0.15) is 6.10 Å². The number of fused-ring (bicyclic) bond motifs is 5. The molecule has 0 aromatic heterocycles. The van der Waals surface area contributed by atoms with Crippen molar-refractivity contribution < 1.29 is 14.6 Å². The average molecular weight is 335 g/mol. The molecule has 4 fully saturated rings. The van der Waals surface area contributed by atoms with Gasteiger partial charge in [0.25, 0.3) is 0 Å². The molecular weight excluding hydrogens is 300 g/mol. The second-order valence-corrected chi connectivity index (χ2v) is 9.81. The smallest absolute Gasteiger partial charge is 0.298 e. The molecule has 3 heteroatoms. The predicted octanol–water partition coefficient (Wildman–Crippen LogP) is 5.28. The van der Waals surface area contributed by atoms with Crippen LogP contribution in [0, 0.1) is 34.5 Å². The molecule has 4 saturated carbocycles. The number of hydrogen-bond donors (Lipinski definition) is 0. The van der Waals surface area contributed by atoms with Gasteiger partial charge in [0.2, 0.25) is 0 Å². The fraction of sp³-hybridized carbons (Fsp3) is 0.952. The molecule has 24 heavy (non-hydrogen) atoms. The molecule has 0 aromatic carbocycles. The van der Waals surface area contributed by atoms with Gasteiger partial charge in [0, 0.05) is 6.92 Å². The molecule has 7 atom stereocenters. The van der Waals surface area contributed by atoms with E-state index in [0.717, 1.165) is 36.5 Å². The Morgan fingerprint density at radius 3 is 2.58 bits per heavy atom. The molecule has 0 N–H and O–H groups in total. The third-order valence-electron chi connectivity index (χ3n) is 8.70. The van der Waals surface area contributed by atoms with Crippen LogP contribution in [0.4, 0.5) is 0 Å². The van der Waals surface area contributed by atoms with E-state index in [4.69, 9.17) is 9.78 Å². The quantitative estimate of drug-likeness (QED) is 0.509. The van der Waals surface area contributed by atoms with Crippen LogP contribution >= 0.6 is 0 Å². The van der Waals surface area contributed by atoms with Crippen molar-refractivity contribution >= 4 is 5.97 Å². The van der Waals surface area contributed by atoms with Crippen molar-refractivity contribution in [1.29, 1.82) is 0 Å². The maximum absolute atomic E-state index is 11.0. The van der Waals surface area contributed by atoms with Crippen molar-refractivity contribution in [3.05, 3.63) is 0 Å². The summed E-state index contributed by atoms with van der Waals surface area (Å²) in [5, 5.41) is 0. The normalized spacial score (nSPS) is 50.5. The van der Waals surface area contributed by atoms with E-state index in [2.05, 4.69) is 13.8 Å². The Morgan fingerprint density at radius 1 is 0.958 bits per heavy atom. The van der Waals surface area contributed by atoms with Crippen LogP contribution in [-0.4, -0.2) is 12.1 Å². The molecule has 0 aromatic rings. The first-order valence-electron chi connectivity index (χ1n) is 10.3. The van der Waals surface area contributed by atoms with Gasteiger partial charge in [-0.1, -0.05) is 20.3 Å². The topological polar surface area (TPSA) is 35.5 Å². The molecule has 4 aliphatic carbocycles. The predicted molar refractivity (Wildman–Crippen MR) is 93.0 cm³/mol. The largest absolute Gasteiger partial charge is 0.339 e. The summed E-state index contributed by atoms with van der Waals surface area (Å²) < 4.78 is 0. The molecule has 0 bridgehead atoms. The molecule has 0 unspecified atom stereocenters. The van der Waals surface area contributed by atoms with Gasteiger partial charge in [0.15, 0.2) is 0 Å². The molecule has 0 saturated heterocycles. The summed E-state index contributed by atoms with van der Waals surface area (Å²) in [5.41, 5.74) is 1.14. The highest BCUT2D eigenvalue weighted by Crippen LogP contribution is 2.66. The summed E-state index contributed by atoms with van der Waals surface area (Å²) in [6.07, 6.45) is 13.6. The van der Waals surface area contributed by atoms with Crippen LogP contribution in [0.2, 0.25) is 0 Å². The molecule has 0 aliphatic heterocycles. The van der Waals surface area contributed by atoms with Crippen LogP contribution in [0.25, 0.3) is 0 Å². The molecule has 0 radical (unpaired) electrons. The van der Waals surface area contributed by atoms with Gasteiger partial charge in [-0.15, -0.1) is 0 Å². The Labute approximate surface area is 146 Å². The van der Waals surface area contributed by atoms with E-state index in [1.165, 1.54) is 58.3 Å². The van der Waals surface area contributed by atoms with Gasteiger partial charge in [-0.3, -0.25) is 4.89 Å². The second kappa shape index (κ2) is 6.00. The summed E-state index contributed by atoms with van der Waals surface area (Å²) in [6, 6.07) is 0. The molecule has 0 amide bonds. The highest BCUT2D eigenvalue weighted by molar-refractivity contribution is 5.65. The number of hydrogen-bond acceptors (Lipinski definition) is 3. The van der Waals surface area contributed by atoms with Crippen LogP contribution in [0.3, 0.4) is 0 Å². The fourth-order valence-electron chi connectivity index (χ4n) is 7.43. The van der Waals surface area contributed by atoms with Crippen molar-refractivity contribution in [3.8, 4) is 0 Å². The van der Waals surface area contributed by atoms with E-state index < -0.39 is 0 Å². The van der Waals surface area contributed by atoms with Crippen LogP contribution in [0.5, 0.6) is 0 Å². The molecular formula is C21H34O3. The zero-order chi connectivity index (χ0) is 16.9. The maximum atomic E-state index is 11.0. The lowest BCUT2D eigenvalue weighted by Gasteiger charge is -2.60. The first-order chi connectivity index (χ1) is 11.4. The minimum absolute atomic E-state index is 0.115. The van der Waals surface area contributed by atoms with Gasteiger partial charge in [-0.25, -0.2) is 4.79 Å². The standard InChI is InChI=1S/C21H34O3/c1-14(22)23-24-16-8-12-21(3)15(13-16)6-7-17-18-5-4-10-20(18,2)11-9-19(17)21/h15-19H,4-13H2,1-3H3/t15-,16-,17+,18+,19+,20+,21+/m1/s1. The third-order valence-corrected chi connectivity index (χ3v) is 8.70. The fourth-order valence-corrected chi connectivity index (χ4v) is 7.43. The van der Waals surface area contributed by atoms with E-state index in [9.17, 15) is 4.79 Å². The molecule has 136 valence electrons. The van der Waals surface area contributed by atoms with Crippen LogP contribution in [0.1, 0.15) is 85.0 Å². The van der Waals surface area contributed by atoms with Gasteiger partial charge in [0.05, 0.1) is 0 Å². The highest BCUT2D eigenvalue weighted by atomic mass is 17.2. The lowest BCUT2D eigenvalue weighted by Crippen LogP contribution is -2.53. The Hall–Kier alpha value is -0.570. The average Bonchev–Trinajstić information content (AvgIpc) is 2.94. The maximum Gasteiger partial charge on any atom is 0.339 e. The van der Waals surface area contributed by atoms with Crippen LogP contribution in [-0.2, 0) is 14.6 Å².